The van der Waals surface area contributed by atoms with Crippen molar-refractivity contribution in [2.24, 2.45) is 0 Å². The van der Waals surface area contributed by atoms with Gasteiger partial charge in [0.2, 0.25) is 0 Å². The van der Waals surface area contributed by atoms with E-state index in [1.165, 1.54) is 4.88 Å². The first-order valence-corrected chi connectivity index (χ1v) is 6.86. The summed E-state index contributed by atoms with van der Waals surface area (Å²) in [5, 5.41) is 2.84. The molecular formula is C14H16N2O2S. The minimum Gasteiger partial charge on any atom is -0.345 e. The summed E-state index contributed by atoms with van der Waals surface area (Å²) in [6, 6.07) is 7.17. The lowest BCUT2D eigenvalue weighted by Gasteiger charge is -2.11. The third-order valence-electron chi connectivity index (χ3n) is 2.84. The number of pyridine rings is 1. The Hall–Kier alpha value is -1.88. The Morgan fingerprint density at radius 1 is 1.26 bits per heavy atom. The lowest BCUT2D eigenvalue weighted by Crippen LogP contribution is -2.31. The largest absolute Gasteiger partial charge is 0.345 e. The van der Waals surface area contributed by atoms with Gasteiger partial charge in [0, 0.05) is 15.4 Å². The van der Waals surface area contributed by atoms with Crippen LogP contribution in [0.2, 0.25) is 0 Å². The first kappa shape index (κ1) is 13.5. The number of aromatic nitrogens is 1. The lowest BCUT2D eigenvalue weighted by atomic mass is 10.2. The Labute approximate surface area is 115 Å². The van der Waals surface area contributed by atoms with E-state index in [4.69, 9.17) is 0 Å². The zero-order valence-corrected chi connectivity index (χ0v) is 11.9. The summed E-state index contributed by atoms with van der Waals surface area (Å²) in [6.07, 6.45) is 0. The minimum absolute atomic E-state index is 0.105. The van der Waals surface area contributed by atoms with Crippen molar-refractivity contribution in [2.75, 3.05) is 0 Å². The van der Waals surface area contributed by atoms with Crippen LogP contribution in [-0.4, -0.2) is 10.9 Å². The van der Waals surface area contributed by atoms with Crippen LogP contribution in [0.1, 0.15) is 38.8 Å². The van der Waals surface area contributed by atoms with E-state index in [1.54, 1.807) is 30.4 Å². The van der Waals surface area contributed by atoms with E-state index in [2.05, 4.69) is 10.3 Å². The van der Waals surface area contributed by atoms with Crippen molar-refractivity contribution >= 4 is 17.2 Å². The molecule has 1 unspecified atom stereocenters. The van der Waals surface area contributed by atoms with Crippen molar-refractivity contribution in [1.29, 1.82) is 0 Å². The summed E-state index contributed by atoms with van der Waals surface area (Å²) in [4.78, 5) is 28.6. The second kappa shape index (κ2) is 5.40. The minimum atomic E-state index is -0.355. The van der Waals surface area contributed by atoms with Crippen LogP contribution >= 0.6 is 11.3 Å². The van der Waals surface area contributed by atoms with E-state index >= 15 is 0 Å². The van der Waals surface area contributed by atoms with Gasteiger partial charge in [0.25, 0.3) is 11.5 Å². The highest BCUT2D eigenvalue weighted by Gasteiger charge is 2.15. The van der Waals surface area contributed by atoms with E-state index in [-0.39, 0.29) is 23.1 Å². The molecule has 5 heteroatoms. The number of carbonyl (C=O) groups is 1. The monoisotopic (exact) mass is 276 g/mol. The van der Waals surface area contributed by atoms with Crippen LogP contribution in [-0.2, 0) is 0 Å². The average molecular weight is 276 g/mol. The van der Waals surface area contributed by atoms with Crippen molar-refractivity contribution in [3.05, 3.63) is 55.6 Å². The number of aromatic amines is 1. The maximum absolute atomic E-state index is 12.0. The second-order valence-electron chi connectivity index (χ2n) is 4.53. The molecule has 19 heavy (non-hydrogen) atoms. The van der Waals surface area contributed by atoms with Crippen LogP contribution in [0, 0.1) is 13.8 Å². The van der Waals surface area contributed by atoms with Gasteiger partial charge in [-0.05, 0) is 45.0 Å². The number of nitrogens with one attached hydrogen (secondary N) is 2. The normalized spacial score (nSPS) is 12.2. The standard InChI is InChI=1S/C14H16N2O2S/c1-8-4-6-11(13(17)15-8)14(18)16-10(3)12-7-5-9(2)19-12/h4-7,10H,1-3H3,(H,15,17)(H,16,18). The molecule has 2 aromatic heterocycles. The van der Waals surface area contributed by atoms with E-state index in [9.17, 15) is 9.59 Å². The molecule has 0 spiro atoms. The Bertz CT molecular complexity index is 657. The molecule has 1 atom stereocenters. The third-order valence-corrected chi connectivity index (χ3v) is 4.02. The summed E-state index contributed by atoms with van der Waals surface area (Å²) in [7, 11) is 0. The quantitative estimate of drug-likeness (QED) is 0.905. The van der Waals surface area contributed by atoms with Crippen molar-refractivity contribution in [3.8, 4) is 0 Å². The molecule has 0 fully saturated rings. The topological polar surface area (TPSA) is 62.0 Å². The van der Waals surface area contributed by atoms with Crippen LogP contribution in [0.25, 0.3) is 0 Å². The van der Waals surface area contributed by atoms with Gasteiger partial charge in [-0.1, -0.05) is 0 Å². The molecular weight excluding hydrogens is 260 g/mol. The first-order valence-electron chi connectivity index (χ1n) is 6.04. The SMILES string of the molecule is Cc1ccc(C(=O)NC(C)c2ccc(C)s2)c(=O)[nH]1. The number of H-pyrrole nitrogens is 1. The third kappa shape index (κ3) is 3.12. The molecule has 2 heterocycles. The number of amides is 1. The summed E-state index contributed by atoms with van der Waals surface area (Å²) >= 11 is 1.64. The second-order valence-corrected chi connectivity index (χ2v) is 5.85. The van der Waals surface area contributed by atoms with Gasteiger partial charge in [-0.15, -0.1) is 11.3 Å². The molecule has 1 amide bonds. The average Bonchev–Trinajstić information content (AvgIpc) is 2.75. The van der Waals surface area contributed by atoms with Gasteiger partial charge in [0.1, 0.15) is 5.56 Å². The summed E-state index contributed by atoms with van der Waals surface area (Å²) in [6.45, 7) is 5.71. The molecule has 0 aliphatic rings. The number of hydrogen-bond donors (Lipinski definition) is 2. The molecule has 0 aromatic carbocycles. The molecule has 0 bridgehead atoms. The predicted octanol–water partition coefficient (Wildman–Crippen LogP) is 2.54. The Morgan fingerprint density at radius 3 is 2.58 bits per heavy atom. The molecule has 0 aliphatic heterocycles. The van der Waals surface area contributed by atoms with Crippen LogP contribution < -0.4 is 10.9 Å². The highest BCUT2D eigenvalue weighted by Crippen LogP contribution is 2.22. The molecule has 0 aliphatic carbocycles. The Kier molecular flexibility index (Phi) is 3.85. The Balaban J connectivity index is 2.15. The van der Waals surface area contributed by atoms with Gasteiger partial charge >= 0.3 is 0 Å². The highest BCUT2D eigenvalue weighted by molar-refractivity contribution is 7.12. The van der Waals surface area contributed by atoms with Gasteiger partial charge in [0.05, 0.1) is 6.04 Å². The van der Waals surface area contributed by atoms with Crippen molar-refractivity contribution in [2.45, 2.75) is 26.8 Å². The van der Waals surface area contributed by atoms with Gasteiger partial charge in [-0.2, -0.15) is 0 Å². The van der Waals surface area contributed by atoms with Gasteiger partial charge in [-0.25, -0.2) is 0 Å². The summed E-state index contributed by atoms with van der Waals surface area (Å²) < 4.78 is 0. The molecule has 2 aromatic rings. The van der Waals surface area contributed by atoms with E-state index < -0.39 is 0 Å². The van der Waals surface area contributed by atoms with E-state index in [1.807, 2.05) is 26.0 Å². The van der Waals surface area contributed by atoms with E-state index in [0.29, 0.717) is 0 Å². The fourth-order valence-electron chi connectivity index (χ4n) is 1.78. The maximum atomic E-state index is 12.0. The molecule has 100 valence electrons. The van der Waals surface area contributed by atoms with Crippen molar-refractivity contribution in [3.63, 3.8) is 0 Å². The van der Waals surface area contributed by atoms with E-state index in [0.717, 1.165) is 10.6 Å². The van der Waals surface area contributed by atoms with Crippen molar-refractivity contribution < 1.29 is 4.79 Å². The molecule has 0 saturated carbocycles. The summed E-state index contributed by atoms with van der Waals surface area (Å²) in [5.41, 5.74) is 0.529. The zero-order chi connectivity index (χ0) is 14.0. The summed E-state index contributed by atoms with van der Waals surface area (Å²) in [5.74, 6) is -0.347. The fraction of sp³-hybridized carbons (Fsp3) is 0.286. The van der Waals surface area contributed by atoms with Crippen LogP contribution in [0.3, 0.4) is 0 Å². The fourth-order valence-corrected chi connectivity index (χ4v) is 2.66. The lowest BCUT2D eigenvalue weighted by molar-refractivity contribution is 0.0939. The maximum Gasteiger partial charge on any atom is 0.260 e. The first-order chi connectivity index (χ1) is 8.97. The number of aryl methyl sites for hydroxylation is 2. The molecule has 0 radical (unpaired) electrons. The highest BCUT2D eigenvalue weighted by atomic mass is 32.1. The molecule has 2 rings (SSSR count). The van der Waals surface area contributed by atoms with Crippen molar-refractivity contribution in [1.82, 2.24) is 10.3 Å². The zero-order valence-electron chi connectivity index (χ0n) is 11.1. The smallest absolute Gasteiger partial charge is 0.260 e. The Morgan fingerprint density at radius 2 is 2.00 bits per heavy atom. The van der Waals surface area contributed by atoms with Gasteiger partial charge in [0.15, 0.2) is 0 Å². The number of carbonyl (C=O) groups excluding carboxylic acids is 1. The molecule has 0 saturated heterocycles. The van der Waals surface area contributed by atoms with Gasteiger partial charge < -0.3 is 10.3 Å². The number of thiophene rings is 1. The van der Waals surface area contributed by atoms with Crippen LogP contribution in [0.5, 0.6) is 0 Å². The number of rotatable bonds is 3. The van der Waals surface area contributed by atoms with Crippen LogP contribution in [0.15, 0.2) is 29.1 Å². The predicted molar refractivity (Wildman–Crippen MR) is 76.7 cm³/mol. The van der Waals surface area contributed by atoms with Crippen LogP contribution in [0.4, 0.5) is 0 Å². The van der Waals surface area contributed by atoms with Gasteiger partial charge in [-0.3, -0.25) is 9.59 Å². The molecule has 2 N–H and O–H groups in total. The number of hydrogen-bond acceptors (Lipinski definition) is 3. The molecule has 4 nitrogen and oxygen atoms in total.